The third-order valence-corrected chi connectivity index (χ3v) is 7.29. The van der Waals surface area contributed by atoms with E-state index < -0.39 is 22.9 Å². The summed E-state index contributed by atoms with van der Waals surface area (Å²) in [5, 5.41) is 26.6. The number of amides is 1. The van der Waals surface area contributed by atoms with Crippen molar-refractivity contribution in [3.8, 4) is 0 Å². The van der Waals surface area contributed by atoms with E-state index in [1.54, 1.807) is 13.3 Å². The number of hydrogen-bond acceptors (Lipinski definition) is 10. The van der Waals surface area contributed by atoms with Crippen LogP contribution >= 0.6 is 11.3 Å². The lowest BCUT2D eigenvalue weighted by atomic mass is 9.83. The molecule has 36 heavy (non-hydrogen) atoms. The van der Waals surface area contributed by atoms with E-state index in [2.05, 4.69) is 10.1 Å². The van der Waals surface area contributed by atoms with Gasteiger partial charge in [-0.3, -0.25) is 19.3 Å². The quantitative estimate of drug-likeness (QED) is 0.159. The Morgan fingerprint density at radius 1 is 1.42 bits per heavy atom. The number of aromatic nitrogens is 2. The molecule has 0 aliphatic carbocycles. The monoisotopic (exact) mass is 511 g/mol. The second-order valence-electron chi connectivity index (χ2n) is 8.42. The van der Waals surface area contributed by atoms with E-state index in [1.165, 1.54) is 53.8 Å². The van der Waals surface area contributed by atoms with Crippen LogP contribution in [-0.4, -0.2) is 61.7 Å². The van der Waals surface area contributed by atoms with Crippen molar-refractivity contribution < 1.29 is 29.2 Å². The average molecular weight is 512 g/mol. The number of thiazole rings is 1. The molecule has 0 saturated carbocycles. The first kappa shape index (κ1) is 23.6. The van der Waals surface area contributed by atoms with Gasteiger partial charge >= 0.3 is 5.97 Å². The van der Waals surface area contributed by atoms with Gasteiger partial charge in [-0.25, -0.2) is 9.78 Å². The van der Waals surface area contributed by atoms with Gasteiger partial charge < -0.3 is 19.6 Å². The molecular weight excluding hydrogens is 490 g/mol. The van der Waals surface area contributed by atoms with E-state index in [1.807, 2.05) is 9.78 Å². The van der Waals surface area contributed by atoms with Crippen molar-refractivity contribution >= 4 is 45.5 Å². The van der Waals surface area contributed by atoms with Gasteiger partial charge in [-0.2, -0.15) is 0 Å². The number of nitro groups is 1. The molecule has 12 nitrogen and oxygen atoms in total. The highest BCUT2D eigenvalue weighted by Crippen LogP contribution is 2.48. The number of non-ortho nitro benzene ring substituents is 1. The summed E-state index contributed by atoms with van der Waals surface area (Å²) in [4.78, 5) is 47.8. The molecule has 0 bridgehead atoms. The first-order valence-electron chi connectivity index (χ1n) is 11.0. The number of aliphatic hydroxyl groups is 1. The number of aliphatic hydroxyl groups excluding tert-OH is 1. The van der Waals surface area contributed by atoms with E-state index in [0.717, 1.165) is 4.83 Å². The zero-order chi connectivity index (χ0) is 25.6. The molecule has 3 aromatic rings. The predicted molar refractivity (Wildman–Crippen MR) is 128 cm³/mol. The first-order chi connectivity index (χ1) is 17.3. The summed E-state index contributed by atoms with van der Waals surface area (Å²) in [6, 6.07) is 5.32. The van der Waals surface area contributed by atoms with Crippen LogP contribution in [0.25, 0.3) is 10.4 Å². The Morgan fingerprint density at radius 2 is 2.17 bits per heavy atom. The number of β-lactam (4-membered cyclic amide) rings is 1. The number of hydrogen-bond donors (Lipinski definition) is 1. The third kappa shape index (κ3) is 3.82. The van der Waals surface area contributed by atoms with Crippen molar-refractivity contribution in [1.29, 1.82) is 0 Å². The number of benzene rings is 1. The molecule has 1 N–H and O–H groups in total. The third-order valence-electron chi connectivity index (χ3n) is 6.32. The van der Waals surface area contributed by atoms with Crippen LogP contribution in [0.3, 0.4) is 0 Å². The van der Waals surface area contributed by atoms with Crippen molar-refractivity contribution in [2.75, 3.05) is 7.11 Å². The summed E-state index contributed by atoms with van der Waals surface area (Å²) in [6.07, 6.45) is 2.60. The highest BCUT2D eigenvalue weighted by atomic mass is 32.1. The van der Waals surface area contributed by atoms with Crippen LogP contribution in [0.15, 0.2) is 46.8 Å². The molecule has 186 valence electrons. The minimum atomic E-state index is -0.858. The highest BCUT2D eigenvalue weighted by molar-refractivity contribution is 7.16. The van der Waals surface area contributed by atoms with E-state index in [-0.39, 0.29) is 29.9 Å². The summed E-state index contributed by atoms with van der Waals surface area (Å²) in [5.41, 5.74) is 2.52. The molecular formula is C23H21N5O7S. The van der Waals surface area contributed by atoms with Crippen LogP contribution in [0, 0.1) is 16.0 Å². The number of carbonyl (C=O) groups excluding carboxylic acids is 2. The van der Waals surface area contributed by atoms with Crippen LogP contribution in [0.5, 0.6) is 0 Å². The standard InChI is InChI=1S/C23H21N5O7S/c1-12(29)19-17-7-15(18-10-36-22-16(8-25-34-2)24-11-26(18)22)20(27(17)21(19)30)23(31)35-9-13-3-5-14(6-4-13)28(32)33/h3-6,8,10-12,17,19,29H,7,9H2,1-2H3/t12-,17-,19-/m1/s1. The van der Waals surface area contributed by atoms with Crippen LogP contribution in [0.2, 0.25) is 0 Å². The fourth-order valence-corrected chi connectivity index (χ4v) is 5.60. The molecule has 0 radical (unpaired) electrons. The van der Waals surface area contributed by atoms with Crippen molar-refractivity contribution in [2.45, 2.75) is 32.1 Å². The Kier molecular flexibility index (Phi) is 6.02. The van der Waals surface area contributed by atoms with Gasteiger partial charge in [0, 0.05) is 23.1 Å². The second kappa shape index (κ2) is 9.17. The number of nitro benzene ring substituents is 1. The Labute approximate surface area is 208 Å². The largest absolute Gasteiger partial charge is 0.456 e. The predicted octanol–water partition coefficient (Wildman–Crippen LogP) is 2.35. The molecule has 2 aliphatic rings. The molecule has 3 atom stereocenters. The molecule has 5 rings (SSSR count). The fraction of sp³-hybridized carbons (Fsp3) is 0.304. The van der Waals surface area contributed by atoms with Crippen LogP contribution in [-0.2, 0) is 25.8 Å². The normalized spacial score (nSPS) is 20.1. The van der Waals surface area contributed by atoms with Gasteiger partial charge in [-0.05, 0) is 31.0 Å². The number of rotatable bonds is 8. The lowest BCUT2D eigenvalue weighted by Crippen LogP contribution is -2.61. The number of esters is 1. The van der Waals surface area contributed by atoms with Crippen molar-refractivity contribution in [2.24, 2.45) is 11.1 Å². The van der Waals surface area contributed by atoms with Gasteiger partial charge in [-0.1, -0.05) is 5.16 Å². The van der Waals surface area contributed by atoms with Crippen molar-refractivity contribution in [3.63, 3.8) is 0 Å². The number of oxime groups is 1. The summed E-state index contributed by atoms with van der Waals surface area (Å²) in [7, 11) is 1.43. The number of imidazole rings is 1. The molecule has 1 amide bonds. The number of carbonyl (C=O) groups is 2. The molecule has 2 aromatic heterocycles. The zero-order valence-corrected chi connectivity index (χ0v) is 20.0. The average Bonchev–Trinajstić information content (AvgIpc) is 3.53. The molecule has 0 unspecified atom stereocenters. The van der Waals surface area contributed by atoms with E-state index >= 15 is 0 Å². The van der Waals surface area contributed by atoms with Crippen LogP contribution < -0.4 is 0 Å². The summed E-state index contributed by atoms with van der Waals surface area (Å²) >= 11 is 1.40. The smallest absolute Gasteiger partial charge is 0.355 e. The number of fused-ring (bicyclic) bond motifs is 2. The number of nitrogens with zero attached hydrogens (tertiary/aromatic N) is 5. The van der Waals surface area contributed by atoms with Crippen molar-refractivity contribution in [1.82, 2.24) is 14.3 Å². The Morgan fingerprint density at radius 3 is 2.83 bits per heavy atom. The van der Waals surface area contributed by atoms with Crippen LogP contribution in [0.4, 0.5) is 5.69 Å². The van der Waals surface area contributed by atoms with Crippen molar-refractivity contribution in [3.05, 3.63) is 68.7 Å². The molecule has 1 fully saturated rings. The molecule has 13 heteroatoms. The van der Waals surface area contributed by atoms with Gasteiger partial charge in [0.05, 0.1) is 34.9 Å². The minimum Gasteiger partial charge on any atom is -0.456 e. The Hall–Kier alpha value is -4.10. The summed E-state index contributed by atoms with van der Waals surface area (Å²) < 4.78 is 7.34. The Bertz CT molecular complexity index is 1420. The summed E-state index contributed by atoms with van der Waals surface area (Å²) in [6.45, 7) is 1.44. The molecule has 1 aromatic carbocycles. The lowest BCUT2D eigenvalue weighted by molar-refractivity contribution is -0.384. The maximum absolute atomic E-state index is 13.3. The van der Waals surface area contributed by atoms with E-state index in [4.69, 9.17) is 9.57 Å². The van der Waals surface area contributed by atoms with Gasteiger partial charge in [0.2, 0.25) is 5.91 Å². The van der Waals surface area contributed by atoms with Gasteiger partial charge in [-0.15, -0.1) is 11.3 Å². The maximum Gasteiger partial charge on any atom is 0.355 e. The molecule has 0 spiro atoms. The maximum atomic E-state index is 13.3. The highest BCUT2D eigenvalue weighted by Gasteiger charge is 2.57. The fourth-order valence-electron chi connectivity index (χ4n) is 4.63. The Balaban J connectivity index is 1.47. The van der Waals surface area contributed by atoms with Gasteiger partial charge in [0.1, 0.15) is 36.3 Å². The second-order valence-corrected chi connectivity index (χ2v) is 9.27. The molecule has 4 heterocycles. The summed E-state index contributed by atoms with van der Waals surface area (Å²) in [5.74, 6) is -1.64. The topological polar surface area (TPSA) is 149 Å². The SMILES string of the molecule is CON=Cc1ncn2c(C3=C(C(=O)OCc4ccc([N+](=O)[O-])cc4)N4C(=O)[C@H]([C@@H](C)O)[C@H]4C3)csc12. The minimum absolute atomic E-state index is 0.0687. The van der Waals surface area contributed by atoms with Gasteiger partial charge in [0.15, 0.2) is 0 Å². The van der Waals surface area contributed by atoms with E-state index in [9.17, 15) is 24.8 Å². The molecule has 2 aliphatic heterocycles. The van der Waals surface area contributed by atoms with Gasteiger partial charge in [0.25, 0.3) is 5.69 Å². The first-order valence-corrected chi connectivity index (χ1v) is 11.9. The van der Waals surface area contributed by atoms with Crippen LogP contribution in [0.1, 0.15) is 30.3 Å². The zero-order valence-electron chi connectivity index (χ0n) is 19.2. The van der Waals surface area contributed by atoms with E-state index in [0.29, 0.717) is 28.9 Å². The number of ether oxygens (including phenoxy) is 1. The molecule has 1 saturated heterocycles. The lowest BCUT2D eigenvalue weighted by Gasteiger charge is -2.44.